The Morgan fingerprint density at radius 1 is 1.41 bits per heavy atom. The highest BCUT2D eigenvalue weighted by atomic mass is 16.3. The molecule has 1 aliphatic carbocycles. The fraction of sp³-hybridized carbons (Fsp3) is 0.556. The van der Waals surface area contributed by atoms with Crippen LogP contribution in [0.3, 0.4) is 0 Å². The largest absolute Gasteiger partial charge is 0.393 e. The van der Waals surface area contributed by atoms with Crippen LogP contribution in [0.1, 0.15) is 48.5 Å². The fourth-order valence-electron chi connectivity index (χ4n) is 3.29. The number of piperidine rings is 1. The molecular formula is C18H22N2O2. The minimum atomic E-state index is -0.372. The first-order valence-corrected chi connectivity index (χ1v) is 8.05. The average Bonchev–Trinajstić information content (AvgIpc) is 3.35. The van der Waals surface area contributed by atoms with Gasteiger partial charge in [-0.25, -0.2) is 0 Å². The summed E-state index contributed by atoms with van der Waals surface area (Å²) in [6, 6.07) is 9.88. The monoisotopic (exact) mass is 298 g/mol. The Kier molecular flexibility index (Phi) is 3.92. The molecule has 1 heterocycles. The lowest BCUT2D eigenvalue weighted by atomic mass is 9.92. The summed E-state index contributed by atoms with van der Waals surface area (Å²) in [7, 11) is 0. The number of hydrogen-bond acceptors (Lipinski definition) is 3. The second kappa shape index (κ2) is 5.73. The molecule has 3 rings (SSSR count). The van der Waals surface area contributed by atoms with Crippen molar-refractivity contribution >= 4 is 5.91 Å². The maximum absolute atomic E-state index is 12.6. The van der Waals surface area contributed by atoms with Crippen LogP contribution in [0, 0.1) is 17.2 Å². The molecule has 1 saturated heterocycles. The number of likely N-dealkylation sites (tertiary alicyclic amines) is 1. The minimum Gasteiger partial charge on any atom is -0.393 e. The molecule has 0 bridgehead atoms. The first-order chi connectivity index (χ1) is 10.6. The summed E-state index contributed by atoms with van der Waals surface area (Å²) < 4.78 is 0. The molecule has 2 fully saturated rings. The minimum absolute atomic E-state index is 0.0266. The van der Waals surface area contributed by atoms with Gasteiger partial charge in [0.25, 0.3) is 5.91 Å². The molecule has 2 aliphatic rings. The molecule has 0 radical (unpaired) electrons. The van der Waals surface area contributed by atoms with Gasteiger partial charge in [0.05, 0.1) is 17.6 Å². The SMILES string of the molecule is CC(O)C1CCCN(C(=O)c2ccc(C3(C#N)CC3)cc2)C1. The van der Waals surface area contributed by atoms with Crippen molar-refractivity contribution in [2.75, 3.05) is 13.1 Å². The normalized spacial score (nSPS) is 24.4. The van der Waals surface area contributed by atoms with E-state index < -0.39 is 0 Å². The summed E-state index contributed by atoms with van der Waals surface area (Å²) in [6.07, 6.45) is 3.38. The first kappa shape index (κ1) is 15.1. The molecule has 1 saturated carbocycles. The maximum atomic E-state index is 12.6. The van der Waals surface area contributed by atoms with Gasteiger partial charge in [0.2, 0.25) is 0 Å². The highest BCUT2D eigenvalue weighted by molar-refractivity contribution is 5.94. The van der Waals surface area contributed by atoms with E-state index in [1.54, 1.807) is 6.92 Å². The molecule has 1 aromatic rings. The van der Waals surface area contributed by atoms with Gasteiger partial charge in [0.1, 0.15) is 0 Å². The zero-order chi connectivity index (χ0) is 15.7. The summed E-state index contributed by atoms with van der Waals surface area (Å²) >= 11 is 0. The van der Waals surface area contributed by atoms with E-state index in [0.717, 1.165) is 37.8 Å². The number of hydrogen-bond donors (Lipinski definition) is 1. The molecule has 0 aromatic heterocycles. The zero-order valence-corrected chi connectivity index (χ0v) is 13.0. The van der Waals surface area contributed by atoms with Gasteiger partial charge in [-0.2, -0.15) is 5.26 Å². The quantitative estimate of drug-likeness (QED) is 0.932. The van der Waals surface area contributed by atoms with Crippen LogP contribution in [-0.2, 0) is 5.41 Å². The lowest BCUT2D eigenvalue weighted by Gasteiger charge is -2.34. The molecule has 4 heteroatoms. The molecule has 0 spiro atoms. The number of rotatable bonds is 3. The van der Waals surface area contributed by atoms with Crippen molar-refractivity contribution in [1.29, 1.82) is 5.26 Å². The Hall–Kier alpha value is -1.86. The lowest BCUT2D eigenvalue weighted by molar-refractivity contribution is 0.0466. The lowest BCUT2D eigenvalue weighted by Crippen LogP contribution is -2.42. The third-order valence-electron chi connectivity index (χ3n) is 5.08. The van der Waals surface area contributed by atoms with E-state index in [4.69, 9.17) is 0 Å². The van der Waals surface area contributed by atoms with Crippen molar-refractivity contribution in [3.8, 4) is 6.07 Å². The van der Waals surface area contributed by atoms with Gasteiger partial charge in [-0.05, 0) is 50.3 Å². The second-order valence-corrected chi connectivity index (χ2v) is 6.67. The predicted molar refractivity (Wildman–Crippen MR) is 83.3 cm³/mol. The van der Waals surface area contributed by atoms with Gasteiger partial charge in [-0.1, -0.05) is 12.1 Å². The van der Waals surface area contributed by atoms with Crippen LogP contribution in [0.15, 0.2) is 24.3 Å². The van der Waals surface area contributed by atoms with Crippen LogP contribution in [0.4, 0.5) is 0 Å². The van der Waals surface area contributed by atoms with Crippen molar-refractivity contribution < 1.29 is 9.90 Å². The van der Waals surface area contributed by atoms with Crippen molar-refractivity contribution in [3.05, 3.63) is 35.4 Å². The molecule has 116 valence electrons. The first-order valence-electron chi connectivity index (χ1n) is 8.05. The van der Waals surface area contributed by atoms with Gasteiger partial charge in [-0.15, -0.1) is 0 Å². The Labute approximate surface area is 131 Å². The van der Waals surface area contributed by atoms with Gasteiger partial charge >= 0.3 is 0 Å². The molecule has 1 aromatic carbocycles. The van der Waals surface area contributed by atoms with Crippen LogP contribution >= 0.6 is 0 Å². The Bertz CT molecular complexity index is 597. The Balaban J connectivity index is 1.71. The molecule has 1 aliphatic heterocycles. The predicted octanol–water partition coefficient (Wildman–Crippen LogP) is 2.47. The van der Waals surface area contributed by atoms with Gasteiger partial charge in [-0.3, -0.25) is 4.79 Å². The van der Waals surface area contributed by atoms with Crippen LogP contribution < -0.4 is 0 Å². The summed E-state index contributed by atoms with van der Waals surface area (Å²) in [5, 5.41) is 19.0. The number of aliphatic hydroxyl groups excluding tert-OH is 1. The number of aliphatic hydroxyl groups is 1. The molecule has 22 heavy (non-hydrogen) atoms. The smallest absolute Gasteiger partial charge is 0.253 e. The third-order valence-corrected chi connectivity index (χ3v) is 5.08. The van der Waals surface area contributed by atoms with E-state index in [-0.39, 0.29) is 23.3 Å². The van der Waals surface area contributed by atoms with Crippen molar-refractivity contribution in [2.24, 2.45) is 5.92 Å². The molecule has 2 unspecified atom stereocenters. The van der Waals surface area contributed by atoms with Crippen molar-refractivity contribution in [2.45, 2.75) is 44.1 Å². The number of carbonyl (C=O) groups is 1. The highest BCUT2D eigenvalue weighted by Gasteiger charge is 2.44. The van der Waals surface area contributed by atoms with Gasteiger partial charge in [0, 0.05) is 24.6 Å². The van der Waals surface area contributed by atoms with E-state index in [0.29, 0.717) is 12.1 Å². The molecule has 1 amide bonds. The number of carbonyl (C=O) groups excluding carboxylic acids is 1. The topological polar surface area (TPSA) is 64.3 Å². The molecular weight excluding hydrogens is 276 g/mol. The summed E-state index contributed by atoms with van der Waals surface area (Å²) in [4.78, 5) is 14.4. The van der Waals surface area contributed by atoms with Crippen LogP contribution in [-0.4, -0.2) is 35.1 Å². The second-order valence-electron chi connectivity index (χ2n) is 6.67. The van der Waals surface area contributed by atoms with E-state index in [1.807, 2.05) is 29.2 Å². The fourth-order valence-corrected chi connectivity index (χ4v) is 3.29. The van der Waals surface area contributed by atoms with Crippen LogP contribution in [0.5, 0.6) is 0 Å². The molecule has 2 atom stereocenters. The van der Waals surface area contributed by atoms with Crippen molar-refractivity contribution in [1.82, 2.24) is 4.90 Å². The maximum Gasteiger partial charge on any atom is 0.253 e. The number of benzene rings is 1. The third kappa shape index (κ3) is 2.74. The van der Waals surface area contributed by atoms with Crippen LogP contribution in [0.2, 0.25) is 0 Å². The molecule has 4 nitrogen and oxygen atoms in total. The van der Waals surface area contributed by atoms with E-state index in [2.05, 4.69) is 6.07 Å². The number of amides is 1. The standard InChI is InChI=1S/C18H22N2O2/c1-13(21)15-3-2-10-20(11-15)17(22)14-4-6-16(7-5-14)18(12-19)8-9-18/h4-7,13,15,21H,2-3,8-11H2,1H3. The Morgan fingerprint density at radius 3 is 2.64 bits per heavy atom. The van der Waals surface area contributed by atoms with Gasteiger partial charge in [0.15, 0.2) is 0 Å². The van der Waals surface area contributed by atoms with Crippen molar-refractivity contribution in [3.63, 3.8) is 0 Å². The summed E-state index contributed by atoms with van der Waals surface area (Å²) in [6.45, 7) is 3.18. The number of nitrogens with zero attached hydrogens (tertiary/aromatic N) is 2. The number of nitriles is 1. The Morgan fingerprint density at radius 2 is 2.09 bits per heavy atom. The van der Waals surface area contributed by atoms with E-state index in [9.17, 15) is 15.2 Å². The zero-order valence-electron chi connectivity index (χ0n) is 13.0. The molecule has 1 N–H and O–H groups in total. The van der Waals surface area contributed by atoms with Gasteiger partial charge < -0.3 is 10.0 Å². The van der Waals surface area contributed by atoms with E-state index >= 15 is 0 Å². The average molecular weight is 298 g/mol. The highest BCUT2D eigenvalue weighted by Crippen LogP contribution is 2.47. The van der Waals surface area contributed by atoms with E-state index in [1.165, 1.54) is 0 Å². The summed E-state index contributed by atoms with van der Waals surface area (Å²) in [5.74, 6) is 0.198. The van der Waals surface area contributed by atoms with Crippen LogP contribution in [0.25, 0.3) is 0 Å². The summed E-state index contributed by atoms with van der Waals surface area (Å²) in [5.41, 5.74) is 1.39.